The highest BCUT2D eigenvalue weighted by molar-refractivity contribution is 6.13. The van der Waals surface area contributed by atoms with E-state index in [1.54, 1.807) is 12.3 Å². The van der Waals surface area contributed by atoms with Gasteiger partial charge in [0.05, 0.1) is 46.2 Å². The average Bonchev–Trinajstić information content (AvgIpc) is 3.40. The number of amides is 1. The first-order valence-corrected chi connectivity index (χ1v) is 11.0. The predicted molar refractivity (Wildman–Crippen MR) is 133 cm³/mol. The molecule has 11 heteroatoms. The maximum Gasteiger partial charge on any atom is 0.340 e. The molecule has 0 saturated heterocycles. The van der Waals surface area contributed by atoms with Crippen molar-refractivity contribution in [2.24, 2.45) is 0 Å². The highest BCUT2D eigenvalue weighted by Crippen LogP contribution is 2.27. The number of carbonyl (C=O) groups excluding carboxylic acids is 3. The summed E-state index contributed by atoms with van der Waals surface area (Å²) in [5.41, 5.74) is 0.206. The second-order valence-electron chi connectivity index (χ2n) is 7.50. The molecule has 190 valence electrons. The Kier molecular flexibility index (Phi) is 9.87. The van der Waals surface area contributed by atoms with Crippen LogP contribution in [0, 0.1) is 0 Å². The summed E-state index contributed by atoms with van der Waals surface area (Å²) in [6, 6.07) is 6.39. The van der Waals surface area contributed by atoms with Crippen LogP contribution in [-0.4, -0.2) is 76.5 Å². The summed E-state index contributed by atoms with van der Waals surface area (Å²) in [6.45, 7) is 4.59. The topological polar surface area (TPSA) is 162 Å². The first kappa shape index (κ1) is 27.7. The molecule has 11 nitrogen and oxygen atoms in total. The van der Waals surface area contributed by atoms with Gasteiger partial charge in [-0.3, -0.25) is 9.59 Å². The number of phenolic OH excluding ortho intramolecular Hbond substituents is 1. The summed E-state index contributed by atoms with van der Waals surface area (Å²) in [5, 5.41) is 21.7. The molecule has 0 aliphatic heterocycles. The molecule has 0 saturated carbocycles. The van der Waals surface area contributed by atoms with Gasteiger partial charge in [0.1, 0.15) is 12.4 Å². The van der Waals surface area contributed by atoms with Crippen LogP contribution in [0.25, 0.3) is 11.3 Å². The molecule has 4 N–H and O–H groups in total. The van der Waals surface area contributed by atoms with Gasteiger partial charge in [-0.05, 0) is 38.4 Å². The number of hydrogen-bond acceptors (Lipinski definition) is 8. The van der Waals surface area contributed by atoms with Crippen molar-refractivity contribution in [1.29, 1.82) is 0 Å². The Morgan fingerprint density at radius 1 is 1.11 bits per heavy atom. The first-order valence-electron chi connectivity index (χ1n) is 11.0. The van der Waals surface area contributed by atoms with Crippen molar-refractivity contribution in [2.45, 2.75) is 13.8 Å². The highest BCUT2D eigenvalue weighted by atomic mass is 16.5. The van der Waals surface area contributed by atoms with Crippen molar-refractivity contribution in [3.05, 3.63) is 65.1 Å². The van der Waals surface area contributed by atoms with Gasteiger partial charge in [0, 0.05) is 12.1 Å². The van der Waals surface area contributed by atoms with Crippen molar-refractivity contribution < 1.29 is 34.1 Å². The summed E-state index contributed by atoms with van der Waals surface area (Å²) >= 11 is 0. The molecule has 3 rings (SSSR count). The summed E-state index contributed by atoms with van der Waals surface area (Å²) in [7, 11) is 3.65. The minimum absolute atomic E-state index is 0.0328. The number of carboxylic acid groups (broad SMARTS) is 1. The number of carboxylic acids is 1. The zero-order chi connectivity index (χ0) is 26.8. The lowest BCUT2D eigenvalue weighted by molar-refractivity contribution is 0.0482. The standard InChI is InChI=1S/C23H22N4O7.C2H6/c1-27(2)5-6-34-23(33)17-7-13(19-10-24-12-25-19)3-4-18(17)26-21(30)15-8-14(11-28)20(29)9-16(15)22(31)32;1-2/h3-4,7-12,29H,5-6H2,1-2H3,(H,24,25)(H,26,30)(H,31,32);1-2H3. The van der Waals surface area contributed by atoms with Gasteiger partial charge in [0.25, 0.3) is 5.91 Å². The molecular weight excluding hydrogens is 468 g/mol. The molecular formula is C25H28N4O7. The number of aromatic nitrogens is 2. The number of phenols is 1. The summed E-state index contributed by atoms with van der Waals surface area (Å²) in [4.78, 5) is 57.2. The van der Waals surface area contributed by atoms with Crippen LogP contribution in [0.15, 0.2) is 42.9 Å². The molecule has 1 heterocycles. The number of imidazole rings is 1. The predicted octanol–water partition coefficient (Wildman–Crippen LogP) is 3.29. The highest BCUT2D eigenvalue weighted by Gasteiger charge is 2.23. The van der Waals surface area contributed by atoms with Crippen molar-refractivity contribution in [1.82, 2.24) is 14.9 Å². The van der Waals surface area contributed by atoms with Gasteiger partial charge < -0.3 is 30.2 Å². The molecule has 0 aliphatic carbocycles. The molecule has 3 aromatic rings. The maximum absolute atomic E-state index is 13.0. The number of likely N-dealkylation sites (N-methyl/N-ethyl adjacent to an activating group) is 1. The lowest BCUT2D eigenvalue weighted by Crippen LogP contribution is -2.22. The lowest BCUT2D eigenvalue weighted by atomic mass is 10.0. The van der Waals surface area contributed by atoms with Gasteiger partial charge in [-0.15, -0.1) is 0 Å². The normalized spacial score (nSPS) is 10.2. The number of aromatic hydroxyl groups is 1. The molecule has 0 aliphatic rings. The maximum atomic E-state index is 13.0. The van der Waals surface area contributed by atoms with Gasteiger partial charge in [-0.2, -0.15) is 0 Å². The molecule has 36 heavy (non-hydrogen) atoms. The van der Waals surface area contributed by atoms with E-state index in [0.717, 1.165) is 12.1 Å². The summed E-state index contributed by atoms with van der Waals surface area (Å²) in [5.74, 6) is -3.64. The van der Waals surface area contributed by atoms with Gasteiger partial charge in [-0.25, -0.2) is 14.6 Å². The minimum atomic E-state index is -1.48. The van der Waals surface area contributed by atoms with Gasteiger partial charge >= 0.3 is 11.9 Å². The van der Waals surface area contributed by atoms with E-state index in [2.05, 4.69) is 15.3 Å². The Morgan fingerprint density at radius 2 is 1.83 bits per heavy atom. The zero-order valence-corrected chi connectivity index (χ0v) is 20.4. The molecule has 0 fully saturated rings. The number of carbonyl (C=O) groups is 4. The molecule has 0 spiro atoms. The fourth-order valence-corrected chi connectivity index (χ4v) is 3.06. The largest absolute Gasteiger partial charge is 0.507 e. The number of ether oxygens (including phenoxy) is 1. The van der Waals surface area contributed by atoms with Crippen LogP contribution in [0.4, 0.5) is 5.69 Å². The minimum Gasteiger partial charge on any atom is -0.507 e. The summed E-state index contributed by atoms with van der Waals surface area (Å²) in [6.07, 6.45) is 3.33. The van der Waals surface area contributed by atoms with Crippen LogP contribution >= 0.6 is 0 Å². The number of benzene rings is 2. The monoisotopic (exact) mass is 496 g/mol. The number of aromatic carboxylic acids is 1. The number of aromatic amines is 1. The van der Waals surface area contributed by atoms with Crippen molar-refractivity contribution in [3.63, 3.8) is 0 Å². The van der Waals surface area contributed by atoms with Crippen molar-refractivity contribution in [2.75, 3.05) is 32.6 Å². The third kappa shape index (κ3) is 6.76. The average molecular weight is 497 g/mol. The Hall–Kier alpha value is -4.51. The Labute approximate surface area is 207 Å². The number of H-pyrrole nitrogens is 1. The fraction of sp³-hybridized carbons (Fsp3) is 0.240. The second-order valence-corrected chi connectivity index (χ2v) is 7.50. The van der Waals surface area contributed by atoms with Crippen molar-refractivity contribution in [3.8, 4) is 17.0 Å². The molecule has 0 radical (unpaired) electrons. The van der Waals surface area contributed by atoms with E-state index in [4.69, 9.17) is 4.74 Å². The third-order valence-electron chi connectivity index (χ3n) is 4.84. The van der Waals surface area contributed by atoms with Crippen LogP contribution in [0.2, 0.25) is 0 Å². The SMILES string of the molecule is CC.CN(C)CCOC(=O)c1cc(-c2cnc[nH]2)ccc1NC(=O)c1cc(C=O)c(O)cc1C(=O)O. The Balaban J connectivity index is 0.00000222. The molecule has 0 atom stereocenters. The number of rotatable bonds is 9. The Bertz CT molecular complexity index is 1240. The van der Waals surface area contributed by atoms with E-state index < -0.39 is 29.2 Å². The van der Waals surface area contributed by atoms with Crippen molar-refractivity contribution >= 4 is 29.8 Å². The van der Waals surface area contributed by atoms with E-state index in [0.29, 0.717) is 24.1 Å². The Morgan fingerprint density at radius 3 is 2.42 bits per heavy atom. The van der Waals surface area contributed by atoms with Gasteiger partial charge in [0.2, 0.25) is 0 Å². The molecule has 0 bridgehead atoms. The molecule has 2 aromatic carbocycles. The quantitative estimate of drug-likeness (QED) is 0.257. The van der Waals surface area contributed by atoms with Crippen LogP contribution in [0.5, 0.6) is 5.75 Å². The third-order valence-corrected chi connectivity index (χ3v) is 4.84. The van der Waals surface area contributed by atoms with Gasteiger partial charge in [-0.1, -0.05) is 19.9 Å². The van der Waals surface area contributed by atoms with E-state index in [9.17, 15) is 29.4 Å². The van der Waals surface area contributed by atoms with E-state index in [-0.39, 0.29) is 29.0 Å². The number of nitrogens with one attached hydrogen (secondary N) is 2. The molecule has 0 unspecified atom stereocenters. The fourth-order valence-electron chi connectivity index (χ4n) is 3.06. The van der Waals surface area contributed by atoms with Gasteiger partial charge in [0.15, 0.2) is 6.29 Å². The smallest absolute Gasteiger partial charge is 0.340 e. The number of aldehydes is 1. The zero-order valence-electron chi connectivity index (χ0n) is 20.4. The van der Waals surface area contributed by atoms with Crippen LogP contribution in [0.3, 0.4) is 0 Å². The van der Waals surface area contributed by atoms with Crippen LogP contribution in [-0.2, 0) is 4.74 Å². The van der Waals surface area contributed by atoms with E-state index >= 15 is 0 Å². The summed E-state index contributed by atoms with van der Waals surface area (Å²) < 4.78 is 5.32. The van der Waals surface area contributed by atoms with E-state index in [1.807, 2.05) is 32.8 Å². The van der Waals surface area contributed by atoms with E-state index in [1.165, 1.54) is 18.5 Å². The number of hydrogen-bond donors (Lipinski definition) is 4. The lowest BCUT2D eigenvalue weighted by Gasteiger charge is -2.15. The van der Waals surface area contributed by atoms with Crippen LogP contribution in [0.1, 0.15) is 55.3 Å². The molecule has 1 aromatic heterocycles. The molecule has 1 amide bonds. The number of anilines is 1. The number of nitrogens with zero attached hydrogens (tertiary/aromatic N) is 2. The first-order chi connectivity index (χ1) is 17.2. The van der Waals surface area contributed by atoms with Crippen LogP contribution < -0.4 is 5.32 Å². The second kappa shape index (κ2) is 12.8. The number of esters is 1.